The average molecular weight is 255 g/mol. The van der Waals surface area contributed by atoms with Crippen molar-refractivity contribution in [3.63, 3.8) is 0 Å². The van der Waals surface area contributed by atoms with Crippen LogP contribution in [0, 0.1) is 5.92 Å². The fourth-order valence-electron chi connectivity index (χ4n) is 2.27. The lowest BCUT2D eigenvalue weighted by Crippen LogP contribution is -2.42. The molecule has 1 aliphatic carbocycles. The molecule has 18 heavy (non-hydrogen) atoms. The van der Waals surface area contributed by atoms with Crippen LogP contribution in [0.25, 0.3) is 0 Å². The molecule has 0 saturated heterocycles. The zero-order chi connectivity index (χ0) is 13.4. The summed E-state index contributed by atoms with van der Waals surface area (Å²) in [6.07, 6.45) is 6.79. The Hall–Kier alpha value is -1.10. The van der Waals surface area contributed by atoms with E-state index in [0.717, 1.165) is 0 Å². The first-order valence-corrected chi connectivity index (χ1v) is 6.89. The number of amides is 2. The molecule has 1 aliphatic rings. The van der Waals surface area contributed by atoms with Crippen LogP contribution in [0.5, 0.6) is 0 Å². The van der Waals surface area contributed by atoms with E-state index in [0.29, 0.717) is 25.4 Å². The molecule has 0 aromatic rings. The van der Waals surface area contributed by atoms with Crippen LogP contribution in [0.1, 0.15) is 45.4 Å². The Morgan fingerprint density at radius 2 is 1.78 bits per heavy atom. The maximum atomic E-state index is 11.6. The van der Waals surface area contributed by atoms with Crippen molar-refractivity contribution in [1.82, 2.24) is 10.6 Å². The smallest absolute Gasteiger partial charge is 0.236 e. The van der Waals surface area contributed by atoms with Gasteiger partial charge in [-0.15, -0.1) is 0 Å². The fourth-order valence-corrected chi connectivity index (χ4v) is 2.27. The minimum absolute atomic E-state index is 0.0944. The van der Waals surface area contributed by atoms with Crippen LogP contribution < -0.4 is 16.4 Å². The molecular weight excluding hydrogens is 230 g/mol. The van der Waals surface area contributed by atoms with Crippen LogP contribution >= 0.6 is 0 Å². The van der Waals surface area contributed by atoms with Crippen molar-refractivity contribution in [2.45, 2.75) is 51.5 Å². The molecule has 0 spiro atoms. The van der Waals surface area contributed by atoms with Crippen LogP contribution in [0.15, 0.2) is 0 Å². The van der Waals surface area contributed by atoms with Crippen LogP contribution in [0.3, 0.4) is 0 Å². The lowest BCUT2D eigenvalue weighted by Gasteiger charge is -2.20. The number of hydrogen-bond donors (Lipinski definition) is 3. The zero-order valence-corrected chi connectivity index (χ0v) is 11.2. The summed E-state index contributed by atoms with van der Waals surface area (Å²) in [4.78, 5) is 22.8. The molecular formula is C13H25N3O2. The first kappa shape index (κ1) is 15.0. The first-order chi connectivity index (χ1) is 8.59. The molecule has 1 rings (SSSR count). The molecule has 4 N–H and O–H groups in total. The zero-order valence-electron chi connectivity index (χ0n) is 11.2. The molecule has 5 heteroatoms. The number of hydrogen-bond acceptors (Lipinski definition) is 3. The largest absolute Gasteiger partial charge is 0.354 e. The Balaban J connectivity index is 2.04. The van der Waals surface area contributed by atoms with Crippen molar-refractivity contribution in [2.75, 3.05) is 13.1 Å². The maximum Gasteiger partial charge on any atom is 0.236 e. The van der Waals surface area contributed by atoms with Crippen molar-refractivity contribution in [3.05, 3.63) is 0 Å². The predicted octanol–water partition coefficient (Wildman–Crippen LogP) is 0.536. The molecule has 2 amide bonds. The second-order valence-electron chi connectivity index (χ2n) is 5.14. The molecule has 0 aromatic heterocycles. The van der Waals surface area contributed by atoms with E-state index in [1.807, 2.05) is 0 Å². The summed E-state index contributed by atoms with van der Waals surface area (Å²) in [6, 6.07) is -0.497. The average Bonchev–Trinajstić information content (AvgIpc) is 2.35. The van der Waals surface area contributed by atoms with E-state index >= 15 is 0 Å². The number of carbonyl (C=O) groups is 2. The Labute approximate surface area is 109 Å². The molecule has 0 aromatic carbocycles. The van der Waals surface area contributed by atoms with Crippen molar-refractivity contribution in [3.8, 4) is 0 Å². The van der Waals surface area contributed by atoms with E-state index in [1.54, 1.807) is 6.92 Å². The molecule has 0 aliphatic heterocycles. The highest BCUT2D eigenvalue weighted by atomic mass is 16.2. The molecule has 1 atom stereocenters. The van der Waals surface area contributed by atoms with Gasteiger partial charge in [0.15, 0.2) is 0 Å². The standard InChI is InChI=1S/C13H25N3O2/c1-10(14)13(18)16-8-7-15-12(17)9-11-5-3-2-4-6-11/h10-11H,2-9,14H2,1H3,(H,15,17)(H,16,18)/t10-/m0/s1. The lowest BCUT2D eigenvalue weighted by atomic mass is 9.87. The predicted molar refractivity (Wildman–Crippen MR) is 70.9 cm³/mol. The summed E-state index contributed by atoms with van der Waals surface area (Å²) < 4.78 is 0. The van der Waals surface area contributed by atoms with Crippen molar-refractivity contribution in [1.29, 1.82) is 0 Å². The second kappa shape index (κ2) is 8.08. The van der Waals surface area contributed by atoms with Gasteiger partial charge in [-0.3, -0.25) is 9.59 Å². The first-order valence-electron chi connectivity index (χ1n) is 6.89. The Bertz CT molecular complexity index is 273. The van der Waals surface area contributed by atoms with Crippen molar-refractivity contribution in [2.24, 2.45) is 11.7 Å². The van der Waals surface area contributed by atoms with E-state index in [-0.39, 0.29) is 11.8 Å². The third-order valence-corrected chi connectivity index (χ3v) is 3.36. The number of nitrogens with two attached hydrogens (primary N) is 1. The molecule has 0 radical (unpaired) electrons. The molecule has 0 bridgehead atoms. The van der Waals surface area contributed by atoms with Crippen LogP contribution in [0.2, 0.25) is 0 Å². The van der Waals surface area contributed by atoms with Gasteiger partial charge in [0.25, 0.3) is 0 Å². The summed E-state index contributed by atoms with van der Waals surface area (Å²) in [6.45, 7) is 2.55. The van der Waals surface area contributed by atoms with E-state index in [2.05, 4.69) is 10.6 Å². The summed E-state index contributed by atoms with van der Waals surface area (Å²) >= 11 is 0. The Morgan fingerprint density at radius 3 is 2.39 bits per heavy atom. The summed E-state index contributed by atoms with van der Waals surface area (Å²) in [7, 11) is 0. The van der Waals surface area contributed by atoms with Gasteiger partial charge in [0.05, 0.1) is 6.04 Å². The van der Waals surface area contributed by atoms with Gasteiger partial charge in [0.1, 0.15) is 0 Å². The van der Waals surface area contributed by atoms with E-state index in [1.165, 1.54) is 32.1 Å². The highest BCUT2D eigenvalue weighted by molar-refractivity contribution is 5.81. The number of carbonyl (C=O) groups excluding carboxylic acids is 2. The van der Waals surface area contributed by atoms with Crippen LogP contribution in [-0.4, -0.2) is 30.9 Å². The molecule has 0 unspecified atom stereocenters. The van der Waals surface area contributed by atoms with Crippen molar-refractivity contribution < 1.29 is 9.59 Å². The van der Waals surface area contributed by atoms with Crippen LogP contribution in [0.4, 0.5) is 0 Å². The Morgan fingerprint density at radius 1 is 1.17 bits per heavy atom. The van der Waals surface area contributed by atoms with Crippen molar-refractivity contribution >= 4 is 11.8 Å². The monoisotopic (exact) mass is 255 g/mol. The van der Waals surface area contributed by atoms with E-state index < -0.39 is 6.04 Å². The molecule has 1 saturated carbocycles. The SMILES string of the molecule is C[C@H](N)C(=O)NCCNC(=O)CC1CCCCC1. The maximum absolute atomic E-state index is 11.6. The third-order valence-electron chi connectivity index (χ3n) is 3.36. The topological polar surface area (TPSA) is 84.2 Å². The minimum atomic E-state index is -0.497. The van der Waals surface area contributed by atoms with Gasteiger partial charge >= 0.3 is 0 Å². The Kier molecular flexibility index (Phi) is 6.72. The quantitative estimate of drug-likeness (QED) is 0.606. The second-order valence-corrected chi connectivity index (χ2v) is 5.14. The van der Waals surface area contributed by atoms with Crippen LogP contribution in [-0.2, 0) is 9.59 Å². The van der Waals surface area contributed by atoms with E-state index in [9.17, 15) is 9.59 Å². The highest BCUT2D eigenvalue weighted by Gasteiger charge is 2.16. The minimum Gasteiger partial charge on any atom is -0.354 e. The van der Waals surface area contributed by atoms with E-state index in [4.69, 9.17) is 5.73 Å². The molecule has 5 nitrogen and oxygen atoms in total. The van der Waals surface area contributed by atoms with Gasteiger partial charge in [0, 0.05) is 19.5 Å². The molecule has 1 fully saturated rings. The molecule has 0 heterocycles. The van der Waals surface area contributed by atoms with Gasteiger partial charge in [-0.05, 0) is 25.7 Å². The van der Waals surface area contributed by atoms with Gasteiger partial charge < -0.3 is 16.4 Å². The fraction of sp³-hybridized carbons (Fsp3) is 0.846. The van der Waals surface area contributed by atoms with Gasteiger partial charge in [-0.1, -0.05) is 19.3 Å². The number of nitrogens with one attached hydrogen (secondary N) is 2. The summed E-state index contributed by atoms with van der Waals surface area (Å²) in [5.41, 5.74) is 5.40. The summed E-state index contributed by atoms with van der Waals surface area (Å²) in [5.74, 6) is 0.464. The van der Waals surface area contributed by atoms with Gasteiger partial charge in [-0.25, -0.2) is 0 Å². The van der Waals surface area contributed by atoms with Gasteiger partial charge in [-0.2, -0.15) is 0 Å². The summed E-state index contributed by atoms with van der Waals surface area (Å²) in [5, 5.41) is 5.49. The third kappa shape index (κ3) is 6.00. The normalized spacial score (nSPS) is 18.1. The highest BCUT2D eigenvalue weighted by Crippen LogP contribution is 2.25. The number of rotatable bonds is 6. The molecule has 104 valence electrons. The van der Waals surface area contributed by atoms with Gasteiger partial charge in [0.2, 0.25) is 11.8 Å². The lowest BCUT2D eigenvalue weighted by molar-refractivity contribution is -0.123.